The highest BCUT2D eigenvalue weighted by atomic mass is 35.5. The van der Waals surface area contributed by atoms with Crippen LogP contribution in [0.1, 0.15) is 0 Å². The second-order valence-electron chi connectivity index (χ2n) is 4.52. The summed E-state index contributed by atoms with van der Waals surface area (Å²) >= 11 is 7.04. The number of halogens is 1. The number of likely N-dealkylation sites (N-methyl/N-ethyl adjacent to an activating group) is 1. The molecule has 0 N–H and O–H groups in total. The lowest BCUT2D eigenvalue weighted by molar-refractivity contribution is -0.118. The summed E-state index contributed by atoms with van der Waals surface area (Å²) in [6, 6.07) is 5.77. The molecular formula is C13H14ClN3O3S2. The third-order valence-electron chi connectivity index (χ3n) is 2.86. The van der Waals surface area contributed by atoms with E-state index in [1.165, 1.54) is 42.6 Å². The lowest BCUT2D eigenvalue weighted by atomic mass is 10.4. The largest absolute Gasteiger partial charge is 0.327 e. The molecule has 0 spiro atoms. The lowest BCUT2D eigenvalue weighted by Gasteiger charge is -2.15. The molecule has 0 fully saturated rings. The first-order valence-electron chi connectivity index (χ1n) is 6.20. The zero-order valence-electron chi connectivity index (χ0n) is 11.9. The quantitative estimate of drug-likeness (QED) is 0.830. The summed E-state index contributed by atoms with van der Waals surface area (Å²) in [5, 5.41) is 2.23. The van der Waals surface area contributed by atoms with Gasteiger partial charge in [-0.25, -0.2) is 8.42 Å². The maximum atomic E-state index is 12.3. The first kappa shape index (κ1) is 16.9. The van der Waals surface area contributed by atoms with Crippen LogP contribution in [0.2, 0.25) is 5.02 Å². The maximum absolute atomic E-state index is 12.3. The molecule has 9 heteroatoms. The number of hydrogen-bond donors (Lipinski definition) is 0. The minimum atomic E-state index is -3.75. The minimum absolute atomic E-state index is 0.0777. The number of hydrogen-bond acceptors (Lipinski definition) is 4. The van der Waals surface area contributed by atoms with E-state index in [-0.39, 0.29) is 11.4 Å². The zero-order chi connectivity index (χ0) is 16.3. The molecule has 1 aromatic carbocycles. The van der Waals surface area contributed by atoms with Gasteiger partial charge in [0.05, 0.1) is 11.4 Å². The van der Waals surface area contributed by atoms with Crippen LogP contribution in [0.25, 0.3) is 0 Å². The Balaban J connectivity index is 2.18. The number of aryl methyl sites for hydroxylation is 1. The van der Waals surface area contributed by atoms with Crippen LogP contribution in [0.5, 0.6) is 0 Å². The van der Waals surface area contributed by atoms with Crippen molar-refractivity contribution >= 4 is 38.9 Å². The molecule has 0 saturated carbocycles. The fraction of sp³-hybridized carbons (Fsp3) is 0.231. The second kappa shape index (κ2) is 6.74. The molecule has 1 amide bonds. The highest BCUT2D eigenvalue weighted by molar-refractivity contribution is 7.89. The van der Waals surface area contributed by atoms with Crippen LogP contribution >= 0.6 is 22.9 Å². The number of thiazole rings is 1. The summed E-state index contributed by atoms with van der Waals surface area (Å²) < 4.78 is 27.3. The van der Waals surface area contributed by atoms with Gasteiger partial charge in [-0.3, -0.25) is 4.79 Å². The molecule has 0 aliphatic rings. The molecule has 2 rings (SSSR count). The summed E-state index contributed by atoms with van der Waals surface area (Å²) in [6.45, 7) is -0.330. The van der Waals surface area contributed by atoms with Gasteiger partial charge in [0.1, 0.15) is 0 Å². The van der Waals surface area contributed by atoms with Crippen LogP contribution in [0, 0.1) is 0 Å². The summed E-state index contributed by atoms with van der Waals surface area (Å²) in [7, 11) is -0.650. The maximum Gasteiger partial charge on any atom is 0.263 e. The molecule has 0 saturated heterocycles. The Bertz CT molecular complexity index is 838. The average molecular weight is 360 g/mol. The van der Waals surface area contributed by atoms with Crippen molar-refractivity contribution in [3.05, 3.63) is 45.7 Å². The van der Waals surface area contributed by atoms with Crippen LogP contribution in [0.4, 0.5) is 0 Å². The molecule has 1 heterocycles. The average Bonchev–Trinajstić information content (AvgIpc) is 2.84. The molecule has 22 heavy (non-hydrogen) atoms. The third-order valence-corrected chi connectivity index (χ3v) is 5.78. The monoisotopic (exact) mass is 359 g/mol. The van der Waals surface area contributed by atoms with Gasteiger partial charge in [0, 0.05) is 30.7 Å². The predicted molar refractivity (Wildman–Crippen MR) is 85.1 cm³/mol. The smallest absolute Gasteiger partial charge is 0.263 e. The fourth-order valence-corrected chi connectivity index (χ4v) is 3.63. The Labute approximate surface area is 137 Å². The van der Waals surface area contributed by atoms with Crippen LogP contribution in [-0.4, -0.2) is 36.8 Å². The second-order valence-corrected chi connectivity index (χ2v) is 7.87. The van der Waals surface area contributed by atoms with Crippen molar-refractivity contribution in [3.63, 3.8) is 0 Å². The number of amides is 1. The molecule has 0 atom stereocenters. The summed E-state index contributed by atoms with van der Waals surface area (Å²) in [5.41, 5.74) is 0. The van der Waals surface area contributed by atoms with Crippen LogP contribution < -0.4 is 4.80 Å². The number of benzene rings is 1. The Morgan fingerprint density at radius 1 is 1.36 bits per heavy atom. The van der Waals surface area contributed by atoms with E-state index in [4.69, 9.17) is 11.6 Å². The standard InChI is InChI=1S/C13H14ClN3O3S2/c1-16-7-8-21-13(16)15-12(18)9-17(2)22(19,20)11-5-3-10(14)4-6-11/h3-8H,9H2,1-2H3. The van der Waals surface area contributed by atoms with Crippen LogP contribution in [0.3, 0.4) is 0 Å². The molecular weight excluding hydrogens is 346 g/mol. The number of aromatic nitrogens is 1. The Morgan fingerprint density at radius 2 is 2.00 bits per heavy atom. The van der Waals surface area contributed by atoms with Crippen LogP contribution in [0.15, 0.2) is 45.7 Å². The molecule has 2 aromatic rings. The SMILES string of the molecule is CN(CC(=O)N=c1sccn1C)S(=O)(=O)c1ccc(Cl)cc1. The van der Waals surface area contributed by atoms with Crippen molar-refractivity contribution in [1.82, 2.24) is 8.87 Å². The molecule has 0 aliphatic heterocycles. The number of nitrogens with zero attached hydrogens (tertiary/aromatic N) is 3. The molecule has 0 bridgehead atoms. The van der Waals surface area contributed by atoms with Crippen molar-refractivity contribution in [2.75, 3.05) is 13.6 Å². The Hall–Kier alpha value is -1.48. The highest BCUT2D eigenvalue weighted by Crippen LogP contribution is 2.17. The topological polar surface area (TPSA) is 71.7 Å². The molecule has 0 unspecified atom stereocenters. The van der Waals surface area contributed by atoms with Crippen molar-refractivity contribution in [1.29, 1.82) is 0 Å². The lowest BCUT2D eigenvalue weighted by Crippen LogP contribution is -2.32. The van der Waals surface area contributed by atoms with Crippen molar-refractivity contribution in [2.45, 2.75) is 4.90 Å². The van der Waals surface area contributed by atoms with E-state index in [0.29, 0.717) is 9.82 Å². The van der Waals surface area contributed by atoms with Gasteiger partial charge in [-0.1, -0.05) is 11.6 Å². The van der Waals surface area contributed by atoms with Crippen molar-refractivity contribution in [2.24, 2.45) is 12.0 Å². The van der Waals surface area contributed by atoms with Gasteiger partial charge in [-0.15, -0.1) is 11.3 Å². The van der Waals surface area contributed by atoms with E-state index < -0.39 is 15.9 Å². The van der Waals surface area contributed by atoms with E-state index in [9.17, 15) is 13.2 Å². The van der Waals surface area contributed by atoms with Gasteiger partial charge in [-0.05, 0) is 24.3 Å². The number of carbonyl (C=O) groups is 1. The van der Waals surface area contributed by atoms with Gasteiger partial charge in [0.25, 0.3) is 5.91 Å². The molecule has 0 aliphatic carbocycles. The number of sulfonamides is 1. The highest BCUT2D eigenvalue weighted by Gasteiger charge is 2.22. The van der Waals surface area contributed by atoms with E-state index in [2.05, 4.69) is 4.99 Å². The fourth-order valence-electron chi connectivity index (χ4n) is 1.64. The first-order chi connectivity index (χ1) is 10.3. The molecule has 0 radical (unpaired) electrons. The number of carbonyl (C=O) groups excluding carboxylic acids is 1. The van der Waals surface area contributed by atoms with Gasteiger partial charge in [0.15, 0.2) is 4.80 Å². The van der Waals surface area contributed by atoms with E-state index in [0.717, 1.165) is 4.31 Å². The first-order valence-corrected chi connectivity index (χ1v) is 8.90. The van der Waals surface area contributed by atoms with E-state index in [1.807, 2.05) is 0 Å². The predicted octanol–water partition coefficient (Wildman–Crippen LogP) is 1.49. The molecule has 6 nitrogen and oxygen atoms in total. The van der Waals surface area contributed by atoms with Crippen molar-refractivity contribution in [3.8, 4) is 0 Å². The van der Waals surface area contributed by atoms with Gasteiger partial charge >= 0.3 is 0 Å². The van der Waals surface area contributed by atoms with Gasteiger partial charge in [0.2, 0.25) is 10.0 Å². The third kappa shape index (κ3) is 3.83. The van der Waals surface area contributed by atoms with Gasteiger partial charge < -0.3 is 4.57 Å². The summed E-state index contributed by atoms with van der Waals surface area (Å²) in [4.78, 5) is 16.4. The number of rotatable bonds is 4. The Kier molecular flexibility index (Phi) is 5.17. The van der Waals surface area contributed by atoms with Gasteiger partial charge in [-0.2, -0.15) is 9.30 Å². The summed E-state index contributed by atoms with van der Waals surface area (Å²) in [6.07, 6.45) is 1.77. The Morgan fingerprint density at radius 3 is 2.55 bits per heavy atom. The summed E-state index contributed by atoms with van der Waals surface area (Å²) in [5.74, 6) is -0.530. The van der Waals surface area contributed by atoms with Crippen LogP contribution in [-0.2, 0) is 21.9 Å². The zero-order valence-corrected chi connectivity index (χ0v) is 14.3. The minimum Gasteiger partial charge on any atom is -0.327 e. The van der Waals surface area contributed by atoms with E-state index in [1.54, 1.807) is 23.2 Å². The van der Waals surface area contributed by atoms with E-state index >= 15 is 0 Å². The van der Waals surface area contributed by atoms with Crippen molar-refractivity contribution < 1.29 is 13.2 Å². The molecule has 118 valence electrons. The molecule has 1 aromatic heterocycles. The normalized spacial score (nSPS) is 12.8.